The highest BCUT2D eigenvalue weighted by Crippen LogP contribution is 2.21. The van der Waals surface area contributed by atoms with Gasteiger partial charge in [-0.3, -0.25) is 14.9 Å². The fourth-order valence-electron chi connectivity index (χ4n) is 2.68. The maximum Gasteiger partial charge on any atom is 0.272 e. The number of para-hydroxylation sites is 1. The van der Waals surface area contributed by atoms with Gasteiger partial charge in [0, 0.05) is 25.3 Å². The van der Waals surface area contributed by atoms with Crippen LogP contribution in [0.4, 0.5) is 5.69 Å². The number of benzene rings is 2. The van der Waals surface area contributed by atoms with Crippen LogP contribution >= 0.6 is 11.3 Å². The van der Waals surface area contributed by atoms with E-state index in [9.17, 15) is 14.9 Å². The molecule has 0 spiro atoms. The Morgan fingerprint density at radius 2 is 2.00 bits per heavy atom. The van der Waals surface area contributed by atoms with Gasteiger partial charge in [-0.25, -0.2) is 0 Å². The number of carbonyl (C=O) groups is 1. The Hall–Kier alpha value is -3.06. The molecule has 0 radical (unpaired) electrons. The quantitative estimate of drug-likeness (QED) is 0.399. The molecule has 0 aliphatic heterocycles. The Morgan fingerprint density at radius 3 is 2.65 bits per heavy atom. The van der Waals surface area contributed by atoms with E-state index >= 15 is 0 Å². The zero-order valence-electron chi connectivity index (χ0n) is 14.4. The fraction of sp³-hybridized carbons (Fsp3) is 0.158. The molecule has 26 heavy (non-hydrogen) atoms. The van der Waals surface area contributed by atoms with Crippen LogP contribution in [0.25, 0.3) is 16.3 Å². The van der Waals surface area contributed by atoms with Gasteiger partial charge in [-0.1, -0.05) is 30.4 Å². The standard InChI is InChI=1S/C19H17N3O3S/c1-3-14-5-4-6-16-18(14)21(2)19(26-16)20-17(23)12-9-13-7-10-15(11-8-13)22(24)25/h4-12H,3H2,1-2H3/b12-9-,20-19?. The third kappa shape index (κ3) is 3.62. The van der Waals surface area contributed by atoms with E-state index in [1.165, 1.54) is 35.1 Å². The van der Waals surface area contributed by atoms with Crippen molar-refractivity contribution in [3.8, 4) is 0 Å². The molecule has 3 rings (SSSR count). The van der Waals surface area contributed by atoms with Crippen molar-refractivity contribution in [2.24, 2.45) is 12.0 Å². The number of amides is 1. The highest BCUT2D eigenvalue weighted by molar-refractivity contribution is 7.16. The highest BCUT2D eigenvalue weighted by Gasteiger charge is 2.07. The molecule has 0 saturated heterocycles. The minimum atomic E-state index is -0.458. The van der Waals surface area contributed by atoms with Gasteiger partial charge in [0.1, 0.15) is 0 Å². The average molecular weight is 367 g/mol. The topological polar surface area (TPSA) is 77.5 Å². The molecule has 0 aliphatic carbocycles. The lowest BCUT2D eigenvalue weighted by atomic mass is 10.1. The van der Waals surface area contributed by atoms with E-state index in [2.05, 4.69) is 18.0 Å². The van der Waals surface area contributed by atoms with Crippen LogP contribution in [0.1, 0.15) is 18.1 Å². The number of fused-ring (bicyclic) bond motifs is 1. The van der Waals surface area contributed by atoms with Gasteiger partial charge in [0.2, 0.25) is 0 Å². The number of hydrogen-bond acceptors (Lipinski definition) is 4. The van der Waals surface area contributed by atoms with Crippen LogP contribution in [0.5, 0.6) is 0 Å². The summed E-state index contributed by atoms with van der Waals surface area (Å²) in [5.74, 6) is -0.372. The van der Waals surface area contributed by atoms with Gasteiger partial charge in [0.15, 0.2) is 4.80 Å². The molecule has 0 saturated carbocycles. The Labute approximate surface area is 153 Å². The zero-order chi connectivity index (χ0) is 18.7. The minimum Gasteiger partial charge on any atom is -0.319 e. The van der Waals surface area contributed by atoms with Crippen molar-refractivity contribution in [2.45, 2.75) is 13.3 Å². The lowest BCUT2D eigenvalue weighted by Gasteiger charge is -2.01. The van der Waals surface area contributed by atoms with Crippen LogP contribution in [-0.2, 0) is 18.3 Å². The first-order chi connectivity index (χ1) is 12.5. The van der Waals surface area contributed by atoms with Crippen LogP contribution in [0.2, 0.25) is 0 Å². The minimum absolute atomic E-state index is 0.0159. The number of hydrogen-bond donors (Lipinski definition) is 0. The van der Waals surface area contributed by atoms with Crippen molar-refractivity contribution in [3.63, 3.8) is 0 Å². The Kier molecular flexibility index (Phi) is 5.09. The van der Waals surface area contributed by atoms with Crippen molar-refractivity contribution < 1.29 is 9.72 Å². The molecule has 0 N–H and O–H groups in total. The first kappa shape index (κ1) is 17.8. The number of nitrogens with zero attached hydrogens (tertiary/aromatic N) is 3. The summed E-state index contributed by atoms with van der Waals surface area (Å²) < 4.78 is 3.04. The van der Waals surface area contributed by atoms with E-state index in [0.717, 1.165) is 16.6 Å². The number of carbonyl (C=O) groups excluding carboxylic acids is 1. The van der Waals surface area contributed by atoms with Gasteiger partial charge in [-0.15, -0.1) is 0 Å². The van der Waals surface area contributed by atoms with Gasteiger partial charge in [-0.2, -0.15) is 4.99 Å². The molecule has 1 heterocycles. The van der Waals surface area contributed by atoms with E-state index in [-0.39, 0.29) is 11.6 Å². The number of rotatable bonds is 4. The summed E-state index contributed by atoms with van der Waals surface area (Å²) >= 11 is 1.48. The van der Waals surface area contributed by atoms with Crippen LogP contribution in [0.15, 0.2) is 53.5 Å². The summed E-state index contributed by atoms with van der Waals surface area (Å²) in [5.41, 5.74) is 3.04. The maximum atomic E-state index is 12.2. The Morgan fingerprint density at radius 1 is 1.27 bits per heavy atom. The molecule has 0 aliphatic rings. The van der Waals surface area contributed by atoms with Gasteiger partial charge in [0.05, 0.1) is 15.1 Å². The van der Waals surface area contributed by atoms with Crippen molar-refractivity contribution in [1.82, 2.24) is 4.57 Å². The normalized spacial score (nSPS) is 12.2. The first-order valence-corrected chi connectivity index (χ1v) is 8.90. The van der Waals surface area contributed by atoms with E-state index in [0.29, 0.717) is 10.4 Å². The third-order valence-electron chi connectivity index (χ3n) is 4.02. The maximum absolute atomic E-state index is 12.2. The summed E-state index contributed by atoms with van der Waals surface area (Å²) in [4.78, 5) is 27.2. The van der Waals surface area contributed by atoms with E-state index in [1.54, 1.807) is 18.2 Å². The monoisotopic (exact) mass is 367 g/mol. The summed E-state index contributed by atoms with van der Waals surface area (Å²) in [7, 11) is 1.91. The molecule has 0 atom stereocenters. The molecular formula is C19H17N3O3S. The van der Waals surface area contributed by atoms with Gasteiger partial charge >= 0.3 is 0 Å². The lowest BCUT2D eigenvalue weighted by Crippen LogP contribution is -2.12. The number of aromatic nitrogens is 1. The summed E-state index contributed by atoms with van der Waals surface area (Å²) in [6.07, 6.45) is 3.88. The second kappa shape index (κ2) is 7.45. The number of nitro groups is 1. The van der Waals surface area contributed by atoms with Gasteiger partial charge in [0.25, 0.3) is 11.6 Å². The third-order valence-corrected chi connectivity index (χ3v) is 5.11. The number of nitro benzene ring substituents is 1. The number of non-ortho nitro benzene ring substituents is 1. The molecule has 3 aromatic rings. The van der Waals surface area contributed by atoms with Crippen molar-refractivity contribution in [2.75, 3.05) is 0 Å². The molecule has 2 aromatic carbocycles. The van der Waals surface area contributed by atoms with Crippen LogP contribution < -0.4 is 4.80 Å². The van der Waals surface area contributed by atoms with E-state index < -0.39 is 4.92 Å². The zero-order valence-corrected chi connectivity index (χ0v) is 15.2. The molecule has 0 unspecified atom stereocenters. The summed E-state index contributed by atoms with van der Waals surface area (Å²) in [5, 5.41) is 10.7. The van der Waals surface area contributed by atoms with Crippen molar-refractivity contribution in [1.29, 1.82) is 0 Å². The van der Waals surface area contributed by atoms with Crippen LogP contribution in [0.3, 0.4) is 0 Å². The van der Waals surface area contributed by atoms with E-state index in [4.69, 9.17) is 0 Å². The summed E-state index contributed by atoms with van der Waals surface area (Å²) in [6, 6.07) is 12.1. The first-order valence-electron chi connectivity index (χ1n) is 8.08. The number of aryl methyl sites for hydroxylation is 2. The lowest BCUT2D eigenvalue weighted by molar-refractivity contribution is -0.384. The highest BCUT2D eigenvalue weighted by atomic mass is 32.1. The predicted octanol–water partition coefficient (Wildman–Crippen LogP) is 3.85. The average Bonchev–Trinajstić information content (AvgIpc) is 2.96. The second-order valence-corrected chi connectivity index (χ2v) is 6.70. The van der Waals surface area contributed by atoms with Crippen molar-refractivity contribution >= 4 is 39.2 Å². The SMILES string of the molecule is CCc1cccc2sc(=NC(=O)/C=C\c3ccc([N+](=O)[O-])cc3)n(C)c12. The number of thiazole rings is 1. The molecule has 0 bridgehead atoms. The summed E-state index contributed by atoms with van der Waals surface area (Å²) in [6.45, 7) is 2.10. The van der Waals surface area contributed by atoms with E-state index in [1.807, 2.05) is 23.7 Å². The molecular weight excluding hydrogens is 350 g/mol. The largest absolute Gasteiger partial charge is 0.319 e. The predicted molar refractivity (Wildman–Crippen MR) is 103 cm³/mol. The second-order valence-electron chi connectivity index (χ2n) is 5.69. The Balaban J connectivity index is 1.88. The molecule has 0 fully saturated rings. The van der Waals surface area contributed by atoms with Gasteiger partial charge < -0.3 is 4.57 Å². The van der Waals surface area contributed by atoms with Crippen LogP contribution in [0, 0.1) is 10.1 Å². The fourth-order valence-corrected chi connectivity index (χ4v) is 3.75. The van der Waals surface area contributed by atoms with Crippen LogP contribution in [-0.4, -0.2) is 15.4 Å². The molecule has 1 aromatic heterocycles. The Bertz CT molecular complexity index is 1080. The van der Waals surface area contributed by atoms with Gasteiger partial charge in [-0.05, 0) is 41.8 Å². The molecule has 7 heteroatoms. The molecule has 1 amide bonds. The molecule has 132 valence electrons. The smallest absolute Gasteiger partial charge is 0.272 e. The van der Waals surface area contributed by atoms with Crippen molar-refractivity contribution in [3.05, 3.63) is 74.6 Å². The molecule has 6 nitrogen and oxygen atoms in total.